The van der Waals surface area contributed by atoms with Crippen molar-refractivity contribution in [1.29, 1.82) is 0 Å². The lowest BCUT2D eigenvalue weighted by Gasteiger charge is -2.17. The van der Waals surface area contributed by atoms with Crippen LogP contribution in [0, 0.1) is 5.92 Å². The topological polar surface area (TPSA) is 55.1 Å². The van der Waals surface area contributed by atoms with E-state index in [0.29, 0.717) is 5.92 Å². The Bertz CT molecular complexity index is 378. The van der Waals surface area contributed by atoms with Crippen LogP contribution < -0.4 is 11.1 Å². The van der Waals surface area contributed by atoms with Crippen LogP contribution >= 0.6 is 11.8 Å². The second-order valence-corrected chi connectivity index (χ2v) is 5.66. The number of thioether (sulfide) groups is 1. The van der Waals surface area contributed by atoms with Crippen molar-refractivity contribution in [2.24, 2.45) is 11.7 Å². The van der Waals surface area contributed by atoms with Gasteiger partial charge in [0.15, 0.2) is 0 Å². The van der Waals surface area contributed by atoms with Gasteiger partial charge >= 0.3 is 0 Å². The van der Waals surface area contributed by atoms with Gasteiger partial charge in [-0.05, 0) is 30.2 Å². The minimum absolute atomic E-state index is 0.0470. The van der Waals surface area contributed by atoms with Gasteiger partial charge in [0.2, 0.25) is 5.91 Å². The molecule has 0 radical (unpaired) electrons. The molecular weight excluding hydrogens is 244 g/mol. The molecule has 1 aromatic carbocycles. The Kier molecular flexibility index (Phi) is 6.22. The van der Waals surface area contributed by atoms with Crippen LogP contribution in [0.15, 0.2) is 29.2 Å². The Morgan fingerprint density at radius 2 is 2.00 bits per heavy atom. The highest BCUT2D eigenvalue weighted by Crippen LogP contribution is 2.22. The highest BCUT2D eigenvalue weighted by molar-refractivity contribution is 7.99. The minimum Gasteiger partial charge on any atom is -0.327 e. The number of anilines is 1. The first-order chi connectivity index (χ1) is 8.52. The highest BCUT2D eigenvalue weighted by atomic mass is 32.2. The number of carbonyl (C=O) groups excluding carboxylic acids is 1. The Balaban J connectivity index is 2.46. The van der Waals surface area contributed by atoms with Gasteiger partial charge in [-0.3, -0.25) is 4.79 Å². The second kappa shape index (κ2) is 7.44. The first-order valence-electron chi connectivity index (χ1n) is 6.29. The third-order valence-electron chi connectivity index (χ3n) is 2.99. The van der Waals surface area contributed by atoms with Gasteiger partial charge in [-0.25, -0.2) is 0 Å². The number of nitrogens with one attached hydrogen (secondary N) is 1. The molecule has 0 spiro atoms. The molecule has 4 heteroatoms. The van der Waals surface area contributed by atoms with E-state index < -0.39 is 0 Å². The van der Waals surface area contributed by atoms with Crippen LogP contribution in [0.1, 0.15) is 27.2 Å². The van der Waals surface area contributed by atoms with Gasteiger partial charge in [0.05, 0.1) is 0 Å². The smallest absolute Gasteiger partial charge is 0.221 e. The summed E-state index contributed by atoms with van der Waals surface area (Å²) >= 11 is 1.76. The van der Waals surface area contributed by atoms with Gasteiger partial charge < -0.3 is 11.1 Å². The normalized spacial score (nSPS) is 14.0. The first kappa shape index (κ1) is 15.1. The molecule has 1 amide bonds. The van der Waals surface area contributed by atoms with Crippen LogP contribution in [-0.2, 0) is 4.79 Å². The lowest BCUT2D eigenvalue weighted by molar-refractivity contribution is -0.114. The Morgan fingerprint density at radius 3 is 2.50 bits per heavy atom. The van der Waals surface area contributed by atoms with Crippen molar-refractivity contribution in [2.75, 3.05) is 11.1 Å². The summed E-state index contributed by atoms with van der Waals surface area (Å²) in [6.07, 6.45) is 1.11. The van der Waals surface area contributed by atoms with Crippen molar-refractivity contribution in [2.45, 2.75) is 38.1 Å². The van der Waals surface area contributed by atoms with Gasteiger partial charge in [0, 0.05) is 29.3 Å². The quantitative estimate of drug-likeness (QED) is 0.778. The maximum atomic E-state index is 10.9. The zero-order valence-corrected chi connectivity index (χ0v) is 12.1. The number of benzene rings is 1. The molecule has 1 aromatic rings. The Labute approximate surface area is 114 Å². The van der Waals surface area contributed by atoms with Crippen molar-refractivity contribution >= 4 is 23.4 Å². The molecule has 0 bridgehead atoms. The number of hydrogen-bond acceptors (Lipinski definition) is 3. The molecule has 0 aliphatic rings. The van der Waals surface area contributed by atoms with E-state index >= 15 is 0 Å². The summed E-state index contributed by atoms with van der Waals surface area (Å²) in [5, 5.41) is 2.75. The molecule has 2 unspecified atom stereocenters. The molecule has 1 rings (SSSR count). The summed E-state index contributed by atoms with van der Waals surface area (Å²) in [5.41, 5.74) is 6.93. The largest absolute Gasteiger partial charge is 0.327 e. The molecule has 3 N–H and O–H groups in total. The van der Waals surface area contributed by atoms with Crippen LogP contribution in [0.4, 0.5) is 5.69 Å². The maximum Gasteiger partial charge on any atom is 0.221 e. The van der Waals surface area contributed by atoms with Crippen molar-refractivity contribution in [1.82, 2.24) is 0 Å². The molecule has 18 heavy (non-hydrogen) atoms. The molecule has 2 atom stereocenters. The number of carbonyl (C=O) groups is 1. The molecule has 3 nitrogen and oxygen atoms in total. The number of nitrogens with two attached hydrogens (primary N) is 1. The van der Waals surface area contributed by atoms with Gasteiger partial charge in [-0.15, -0.1) is 11.8 Å². The van der Waals surface area contributed by atoms with Crippen LogP contribution in [-0.4, -0.2) is 17.7 Å². The number of hydrogen-bond donors (Lipinski definition) is 2. The third-order valence-corrected chi connectivity index (χ3v) is 4.15. The van der Waals surface area contributed by atoms with Crippen LogP contribution in [0.3, 0.4) is 0 Å². The lowest BCUT2D eigenvalue weighted by Crippen LogP contribution is -2.30. The van der Waals surface area contributed by atoms with Crippen LogP contribution in [0.5, 0.6) is 0 Å². The molecule has 100 valence electrons. The monoisotopic (exact) mass is 266 g/mol. The fourth-order valence-electron chi connectivity index (χ4n) is 1.50. The molecule has 0 aromatic heterocycles. The van der Waals surface area contributed by atoms with E-state index in [-0.39, 0.29) is 11.9 Å². The summed E-state index contributed by atoms with van der Waals surface area (Å²) in [7, 11) is 0. The van der Waals surface area contributed by atoms with Crippen LogP contribution in [0.2, 0.25) is 0 Å². The van der Waals surface area contributed by atoms with Crippen LogP contribution in [0.25, 0.3) is 0 Å². The van der Waals surface area contributed by atoms with E-state index in [4.69, 9.17) is 5.73 Å². The van der Waals surface area contributed by atoms with E-state index in [1.807, 2.05) is 24.3 Å². The van der Waals surface area contributed by atoms with Gasteiger partial charge in [0.25, 0.3) is 0 Å². The van der Waals surface area contributed by atoms with E-state index in [2.05, 4.69) is 19.2 Å². The summed E-state index contributed by atoms with van der Waals surface area (Å²) in [6, 6.07) is 8.09. The zero-order chi connectivity index (χ0) is 13.5. The van der Waals surface area contributed by atoms with E-state index in [1.165, 1.54) is 11.8 Å². The molecule has 0 saturated heterocycles. The predicted octanol–water partition coefficient (Wildman–Crippen LogP) is 3.11. The molecule has 0 heterocycles. The minimum atomic E-state index is -0.0470. The highest BCUT2D eigenvalue weighted by Gasteiger charge is 2.10. The summed E-state index contributed by atoms with van der Waals surface area (Å²) in [6.45, 7) is 5.86. The van der Waals surface area contributed by atoms with Gasteiger partial charge in [-0.1, -0.05) is 20.3 Å². The van der Waals surface area contributed by atoms with Crippen molar-refractivity contribution < 1.29 is 4.79 Å². The lowest BCUT2D eigenvalue weighted by atomic mass is 10.0. The van der Waals surface area contributed by atoms with E-state index in [0.717, 1.165) is 17.9 Å². The maximum absolute atomic E-state index is 10.9. The molecule has 0 aliphatic carbocycles. The van der Waals surface area contributed by atoms with Crippen molar-refractivity contribution in [3.8, 4) is 0 Å². The predicted molar refractivity (Wildman–Crippen MR) is 78.9 cm³/mol. The number of amides is 1. The molecular formula is C14H22N2OS. The summed E-state index contributed by atoms with van der Waals surface area (Å²) in [5.74, 6) is 1.43. The summed E-state index contributed by atoms with van der Waals surface area (Å²) in [4.78, 5) is 12.1. The summed E-state index contributed by atoms with van der Waals surface area (Å²) < 4.78 is 0. The Hall–Kier alpha value is -1.00. The fourth-order valence-corrected chi connectivity index (χ4v) is 2.54. The standard InChI is InChI=1S/C14H22N2OS/c1-4-10(2)14(15)9-18-13-7-5-12(6-8-13)16-11(3)17/h5-8,10,14H,4,9,15H2,1-3H3,(H,16,17). The molecule has 0 saturated carbocycles. The Morgan fingerprint density at radius 1 is 1.39 bits per heavy atom. The van der Waals surface area contributed by atoms with Crippen molar-refractivity contribution in [3.05, 3.63) is 24.3 Å². The van der Waals surface area contributed by atoms with E-state index in [9.17, 15) is 4.79 Å². The average Bonchev–Trinajstić information content (AvgIpc) is 2.36. The van der Waals surface area contributed by atoms with Gasteiger partial charge in [-0.2, -0.15) is 0 Å². The van der Waals surface area contributed by atoms with Gasteiger partial charge in [0.1, 0.15) is 0 Å². The molecule has 0 aliphatic heterocycles. The fraction of sp³-hybridized carbons (Fsp3) is 0.500. The second-order valence-electron chi connectivity index (χ2n) is 4.57. The van der Waals surface area contributed by atoms with E-state index in [1.54, 1.807) is 11.8 Å². The van der Waals surface area contributed by atoms with Crippen molar-refractivity contribution in [3.63, 3.8) is 0 Å². The first-order valence-corrected chi connectivity index (χ1v) is 7.27. The SMILES string of the molecule is CCC(C)C(N)CSc1ccc(NC(C)=O)cc1. The zero-order valence-electron chi connectivity index (χ0n) is 11.3. The number of rotatable bonds is 6. The third kappa shape index (κ3) is 5.10. The molecule has 0 fully saturated rings. The average molecular weight is 266 g/mol.